The second kappa shape index (κ2) is 10.1. The summed E-state index contributed by atoms with van der Waals surface area (Å²) in [5.41, 5.74) is 2.12. The quantitative estimate of drug-likeness (QED) is 0.571. The highest BCUT2D eigenvalue weighted by Gasteiger charge is 2.26. The van der Waals surface area contributed by atoms with E-state index in [-0.39, 0.29) is 0 Å². The zero-order valence-corrected chi connectivity index (χ0v) is 14.0. The Morgan fingerprint density at radius 2 is 1.37 bits per heavy atom. The molecule has 0 spiro atoms. The Balaban J connectivity index is 0.000000741. The molecule has 1 saturated carbocycles. The largest absolute Gasteiger partial charge is 0.0683 e. The van der Waals surface area contributed by atoms with Crippen molar-refractivity contribution in [2.75, 3.05) is 0 Å². The van der Waals surface area contributed by atoms with E-state index in [0.29, 0.717) is 5.41 Å². The predicted octanol–water partition coefficient (Wildman–Crippen LogP) is 6.50. The highest BCUT2D eigenvalue weighted by molar-refractivity contribution is 5.15. The standard InChI is InChI=1S/C15H22.2C2H6/c1-15(2)10-8-14(9-11-15)12-13-6-4-3-5-7-13;2*1-2/h3-7,14H,8-12H2,1-2H3;2*1-2H3. The van der Waals surface area contributed by atoms with Crippen molar-refractivity contribution in [2.45, 2.75) is 73.6 Å². The van der Waals surface area contributed by atoms with Crippen LogP contribution in [-0.4, -0.2) is 0 Å². The van der Waals surface area contributed by atoms with Gasteiger partial charge in [0.25, 0.3) is 0 Å². The SMILES string of the molecule is CC.CC.CC1(C)CCC(Cc2ccccc2)CC1. The Hall–Kier alpha value is -0.780. The lowest BCUT2D eigenvalue weighted by Gasteiger charge is -2.34. The van der Waals surface area contributed by atoms with Gasteiger partial charge in [-0.05, 0) is 49.0 Å². The molecule has 0 radical (unpaired) electrons. The zero-order valence-electron chi connectivity index (χ0n) is 14.0. The summed E-state index contributed by atoms with van der Waals surface area (Å²) in [5.74, 6) is 0.931. The van der Waals surface area contributed by atoms with E-state index < -0.39 is 0 Å². The minimum Gasteiger partial charge on any atom is -0.0683 e. The molecule has 19 heavy (non-hydrogen) atoms. The van der Waals surface area contributed by atoms with Gasteiger partial charge in [-0.3, -0.25) is 0 Å². The highest BCUT2D eigenvalue weighted by Crippen LogP contribution is 2.39. The van der Waals surface area contributed by atoms with Gasteiger partial charge in [-0.15, -0.1) is 0 Å². The van der Waals surface area contributed by atoms with Crippen LogP contribution >= 0.6 is 0 Å². The maximum Gasteiger partial charge on any atom is -0.0250 e. The van der Waals surface area contributed by atoms with Gasteiger partial charge in [-0.25, -0.2) is 0 Å². The van der Waals surface area contributed by atoms with Crippen LogP contribution in [-0.2, 0) is 6.42 Å². The van der Waals surface area contributed by atoms with Gasteiger partial charge in [-0.1, -0.05) is 71.9 Å². The number of hydrogen-bond donors (Lipinski definition) is 0. The molecular weight excluding hydrogens is 228 g/mol. The van der Waals surface area contributed by atoms with Crippen LogP contribution in [0.15, 0.2) is 30.3 Å². The molecule has 1 fully saturated rings. The summed E-state index contributed by atoms with van der Waals surface area (Å²) in [6.07, 6.45) is 6.94. The Morgan fingerprint density at radius 3 is 1.84 bits per heavy atom. The van der Waals surface area contributed by atoms with E-state index >= 15 is 0 Å². The van der Waals surface area contributed by atoms with Crippen LogP contribution in [0.2, 0.25) is 0 Å². The molecule has 1 aromatic carbocycles. The van der Waals surface area contributed by atoms with E-state index in [2.05, 4.69) is 44.2 Å². The molecule has 0 heteroatoms. The van der Waals surface area contributed by atoms with E-state index in [1.165, 1.54) is 37.7 Å². The monoisotopic (exact) mass is 262 g/mol. The second-order valence-corrected chi connectivity index (χ2v) is 5.80. The van der Waals surface area contributed by atoms with Crippen molar-refractivity contribution >= 4 is 0 Å². The molecule has 0 saturated heterocycles. The molecule has 0 unspecified atom stereocenters. The van der Waals surface area contributed by atoms with Crippen molar-refractivity contribution in [2.24, 2.45) is 11.3 Å². The zero-order chi connectivity index (χ0) is 14.7. The average molecular weight is 262 g/mol. The van der Waals surface area contributed by atoms with Gasteiger partial charge in [0.2, 0.25) is 0 Å². The topological polar surface area (TPSA) is 0 Å². The second-order valence-electron chi connectivity index (χ2n) is 5.80. The van der Waals surface area contributed by atoms with Gasteiger partial charge < -0.3 is 0 Å². The maximum atomic E-state index is 2.41. The molecular formula is C19H34. The fourth-order valence-corrected chi connectivity index (χ4v) is 2.61. The molecule has 0 aromatic heterocycles. The molecule has 1 aliphatic carbocycles. The van der Waals surface area contributed by atoms with Crippen molar-refractivity contribution in [3.05, 3.63) is 35.9 Å². The molecule has 0 atom stereocenters. The molecule has 0 aliphatic heterocycles. The minimum atomic E-state index is 0.604. The Morgan fingerprint density at radius 1 is 0.895 bits per heavy atom. The third-order valence-electron chi connectivity index (χ3n) is 3.83. The van der Waals surface area contributed by atoms with Gasteiger partial charge in [-0.2, -0.15) is 0 Å². The number of benzene rings is 1. The Kier molecular flexibility index (Phi) is 9.65. The summed E-state index contributed by atoms with van der Waals surface area (Å²) in [6, 6.07) is 10.9. The first-order valence-electron chi connectivity index (χ1n) is 8.20. The van der Waals surface area contributed by atoms with Gasteiger partial charge in [0, 0.05) is 0 Å². The first-order chi connectivity index (χ1) is 9.16. The van der Waals surface area contributed by atoms with E-state index in [9.17, 15) is 0 Å². The van der Waals surface area contributed by atoms with E-state index in [1.807, 2.05) is 27.7 Å². The number of rotatable bonds is 2. The molecule has 1 aromatic rings. The van der Waals surface area contributed by atoms with Gasteiger partial charge in [0.05, 0.1) is 0 Å². The van der Waals surface area contributed by atoms with E-state index in [4.69, 9.17) is 0 Å². The lowest BCUT2D eigenvalue weighted by atomic mass is 9.72. The minimum absolute atomic E-state index is 0.604. The smallest absolute Gasteiger partial charge is 0.0250 e. The van der Waals surface area contributed by atoms with Gasteiger partial charge in [0.15, 0.2) is 0 Å². The van der Waals surface area contributed by atoms with Gasteiger partial charge >= 0.3 is 0 Å². The first-order valence-corrected chi connectivity index (χ1v) is 8.20. The lowest BCUT2D eigenvalue weighted by molar-refractivity contribution is 0.191. The molecule has 0 bridgehead atoms. The van der Waals surface area contributed by atoms with Crippen LogP contribution in [0.4, 0.5) is 0 Å². The van der Waals surface area contributed by atoms with Crippen LogP contribution in [0.25, 0.3) is 0 Å². The van der Waals surface area contributed by atoms with Crippen LogP contribution in [0.3, 0.4) is 0 Å². The van der Waals surface area contributed by atoms with Crippen molar-refractivity contribution in [3.63, 3.8) is 0 Å². The maximum absolute atomic E-state index is 2.41. The first kappa shape index (κ1) is 18.2. The predicted molar refractivity (Wildman–Crippen MR) is 88.6 cm³/mol. The fourth-order valence-electron chi connectivity index (χ4n) is 2.61. The van der Waals surface area contributed by atoms with Crippen LogP contribution in [0, 0.1) is 11.3 Å². The Bertz CT molecular complexity index is 287. The van der Waals surface area contributed by atoms with Crippen molar-refractivity contribution < 1.29 is 0 Å². The molecule has 0 amide bonds. The summed E-state index contributed by atoms with van der Waals surface area (Å²) in [6.45, 7) is 12.8. The van der Waals surface area contributed by atoms with Gasteiger partial charge in [0.1, 0.15) is 0 Å². The summed E-state index contributed by atoms with van der Waals surface area (Å²) in [7, 11) is 0. The molecule has 110 valence electrons. The van der Waals surface area contributed by atoms with Crippen molar-refractivity contribution in [1.82, 2.24) is 0 Å². The van der Waals surface area contributed by atoms with Crippen molar-refractivity contribution in [1.29, 1.82) is 0 Å². The molecule has 0 nitrogen and oxygen atoms in total. The summed E-state index contributed by atoms with van der Waals surface area (Å²) in [5, 5.41) is 0. The van der Waals surface area contributed by atoms with E-state index in [1.54, 1.807) is 0 Å². The number of hydrogen-bond acceptors (Lipinski definition) is 0. The molecule has 0 N–H and O–H groups in total. The molecule has 2 rings (SSSR count). The van der Waals surface area contributed by atoms with Crippen LogP contribution in [0.1, 0.15) is 72.8 Å². The van der Waals surface area contributed by atoms with E-state index in [0.717, 1.165) is 5.92 Å². The van der Waals surface area contributed by atoms with Crippen LogP contribution < -0.4 is 0 Å². The lowest BCUT2D eigenvalue weighted by Crippen LogP contribution is -2.22. The third-order valence-corrected chi connectivity index (χ3v) is 3.83. The summed E-state index contributed by atoms with van der Waals surface area (Å²) >= 11 is 0. The molecule has 0 heterocycles. The fraction of sp³-hybridized carbons (Fsp3) is 0.684. The molecule has 1 aliphatic rings. The third kappa shape index (κ3) is 7.40. The summed E-state index contributed by atoms with van der Waals surface area (Å²) < 4.78 is 0. The van der Waals surface area contributed by atoms with Crippen molar-refractivity contribution in [3.8, 4) is 0 Å². The summed E-state index contributed by atoms with van der Waals surface area (Å²) in [4.78, 5) is 0. The van der Waals surface area contributed by atoms with Crippen LogP contribution in [0.5, 0.6) is 0 Å². The normalized spacial score (nSPS) is 17.6. The Labute approximate surface area is 121 Å². The highest BCUT2D eigenvalue weighted by atomic mass is 14.3. The average Bonchev–Trinajstić information content (AvgIpc) is 2.47.